The molecule has 0 spiro atoms. The van der Waals surface area contributed by atoms with Gasteiger partial charge in [-0.05, 0) is 42.7 Å². The molecule has 0 radical (unpaired) electrons. The molecule has 1 unspecified atom stereocenters. The van der Waals surface area contributed by atoms with E-state index in [2.05, 4.69) is 21.2 Å². The van der Waals surface area contributed by atoms with Crippen LogP contribution < -0.4 is 5.32 Å². The van der Waals surface area contributed by atoms with Gasteiger partial charge < -0.3 is 10.1 Å². The molecule has 21 heavy (non-hydrogen) atoms. The van der Waals surface area contributed by atoms with Crippen LogP contribution in [0.5, 0.6) is 0 Å². The van der Waals surface area contributed by atoms with Crippen molar-refractivity contribution in [1.29, 1.82) is 0 Å². The lowest BCUT2D eigenvalue weighted by Crippen LogP contribution is -2.24. The van der Waals surface area contributed by atoms with Crippen LogP contribution in [0, 0.1) is 0 Å². The van der Waals surface area contributed by atoms with Crippen molar-refractivity contribution in [2.45, 2.75) is 32.0 Å². The molecule has 0 amide bonds. The van der Waals surface area contributed by atoms with E-state index >= 15 is 0 Å². The Morgan fingerprint density at radius 2 is 2.14 bits per heavy atom. The number of halogens is 4. The van der Waals surface area contributed by atoms with Gasteiger partial charge in [0.25, 0.3) is 0 Å². The molecule has 1 aromatic carbocycles. The van der Waals surface area contributed by atoms with Crippen molar-refractivity contribution >= 4 is 15.9 Å². The molecule has 116 valence electrons. The molecule has 1 aliphatic rings. The molecular weight excluding hydrogens is 347 g/mol. The first-order valence-electron chi connectivity index (χ1n) is 6.84. The Morgan fingerprint density at radius 3 is 2.71 bits per heavy atom. The van der Waals surface area contributed by atoms with Gasteiger partial charge in [-0.2, -0.15) is 13.2 Å². The summed E-state index contributed by atoms with van der Waals surface area (Å²) in [7, 11) is 0. The summed E-state index contributed by atoms with van der Waals surface area (Å²) in [4.78, 5) is 0. The summed E-state index contributed by atoms with van der Waals surface area (Å²) < 4.78 is 44.5. The van der Waals surface area contributed by atoms with Crippen LogP contribution in [0.3, 0.4) is 0 Å². The molecule has 0 aromatic heterocycles. The van der Waals surface area contributed by atoms with E-state index < -0.39 is 11.7 Å². The van der Waals surface area contributed by atoms with Gasteiger partial charge >= 0.3 is 6.18 Å². The number of hydrogen-bond acceptors (Lipinski definition) is 2. The lowest BCUT2D eigenvalue weighted by Gasteiger charge is -2.25. The molecule has 1 aromatic rings. The number of likely N-dealkylation sites (N-methyl/N-ethyl adjacent to an activating group) is 1. The van der Waals surface area contributed by atoms with Crippen molar-refractivity contribution in [3.8, 4) is 0 Å². The van der Waals surface area contributed by atoms with Gasteiger partial charge in [0.1, 0.15) is 0 Å². The Labute approximate surface area is 130 Å². The third kappa shape index (κ3) is 4.01. The van der Waals surface area contributed by atoms with Gasteiger partial charge in [-0.25, -0.2) is 0 Å². The van der Waals surface area contributed by atoms with E-state index in [1.807, 2.05) is 6.92 Å². The van der Waals surface area contributed by atoms with E-state index in [0.29, 0.717) is 18.7 Å². The molecule has 0 saturated carbocycles. The first kappa shape index (κ1) is 16.4. The average molecular weight is 364 g/mol. The van der Waals surface area contributed by atoms with Gasteiger partial charge in [-0.15, -0.1) is 0 Å². The van der Waals surface area contributed by atoms with E-state index in [0.717, 1.165) is 18.4 Å². The minimum Gasteiger partial charge on any atom is -0.501 e. The second kappa shape index (κ2) is 6.83. The quantitative estimate of drug-likeness (QED) is 0.828. The Kier molecular flexibility index (Phi) is 5.32. The third-order valence-corrected chi connectivity index (χ3v) is 4.06. The predicted molar refractivity (Wildman–Crippen MR) is 78.8 cm³/mol. The van der Waals surface area contributed by atoms with E-state index in [1.54, 1.807) is 12.3 Å². The van der Waals surface area contributed by atoms with Crippen LogP contribution in [0.4, 0.5) is 13.2 Å². The summed E-state index contributed by atoms with van der Waals surface area (Å²) >= 11 is 2.97. The Morgan fingerprint density at radius 1 is 1.38 bits per heavy atom. The van der Waals surface area contributed by atoms with Crippen LogP contribution in [0.2, 0.25) is 0 Å². The zero-order chi connectivity index (χ0) is 15.5. The maximum Gasteiger partial charge on any atom is 0.417 e. The molecule has 0 fully saturated rings. The fourth-order valence-electron chi connectivity index (χ4n) is 2.40. The second-order valence-electron chi connectivity index (χ2n) is 4.89. The molecule has 1 atom stereocenters. The zero-order valence-electron chi connectivity index (χ0n) is 11.6. The van der Waals surface area contributed by atoms with E-state index in [-0.39, 0.29) is 10.5 Å². The SMILES string of the molecule is CCNC(C1=COCCC1)c1ccc(Br)c(C(F)(F)F)c1. The van der Waals surface area contributed by atoms with Crippen LogP contribution >= 0.6 is 15.9 Å². The fraction of sp³-hybridized carbons (Fsp3) is 0.467. The van der Waals surface area contributed by atoms with Gasteiger partial charge in [-0.1, -0.05) is 28.9 Å². The topological polar surface area (TPSA) is 21.3 Å². The van der Waals surface area contributed by atoms with Gasteiger partial charge in [0.2, 0.25) is 0 Å². The number of alkyl halides is 3. The monoisotopic (exact) mass is 363 g/mol. The average Bonchev–Trinajstić information content (AvgIpc) is 2.45. The molecule has 2 nitrogen and oxygen atoms in total. The Balaban J connectivity index is 2.38. The van der Waals surface area contributed by atoms with Crippen molar-refractivity contribution in [2.75, 3.05) is 13.2 Å². The summed E-state index contributed by atoms with van der Waals surface area (Å²) in [5, 5.41) is 3.24. The van der Waals surface area contributed by atoms with Crippen molar-refractivity contribution in [3.63, 3.8) is 0 Å². The maximum atomic E-state index is 13.0. The van der Waals surface area contributed by atoms with E-state index in [4.69, 9.17) is 4.74 Å². The number of rotatable bonds is 4. The normalized spacial score (nSPS) is 17.1. The number of ether oxygens (including phenoxy) is 1. The molecule has 6 heteroatoms. The van der Waals surface area contributed by atoms with Crippen molar-refractivity contribution in [2.24, 2.45) is 0 Å². The first-order valence-corrected chi connectivity index (χ1v) is 7.63. The fourth-order valence-corrected chi connectivity index (χ4v) is 2.88. The van der Waals surface area contributed by atoms with Crippen LogP contribution in [0.1, 0.15) is 36.9 Å². The van der Waals surface area contributed by atoms with Crippen molar-refractivity contribution < 1.29 is 17.9 Å². The Hall–Kier alpha value is -1.01. The summed E-state index contributed by atoms with van der Waals surface area (Å²) in [6.07, 6.45) is -0.985. The van der Waals surface area contributed by atoms with Gasteiger partial charge in [0, 0.05) is 4.47 Å². The number of hydrogen-bond donors (Lipinski definition) is 1. The van der Waals surface area contributed by atoms with Crippen molar-refractivity contribution in [1.82, 2.24) is 5.32 Å². The molecular formula is C15H17BrF3NO. The minimum atomic E-state index is -4.37. The lowest BCUT2D eigenvalue weighted by atomic mass is 9.94. The highest BCUT2D eigenvalue weighted by atomic mass is 79.9. The highest BCUT2D eigenvalue weighted by Gasteiger charge is 2.34. The zero-order valence-corrected chi connectivity index (χ0v) is 13.2. The van der Waals surface area contributed by atoms with Gasteiger partial charge in [0.15, 0.2) is 0 Å². The van der Waals surface area contributed by atoms with Crippen LogP contribution in [-0.4, -0.2) is 13.2 Å². The van der Waals surface area contributed by atoms with Crippen LogP contribution in [0.15, 0.2) is 34.5 Å². The second-order valence-corrected chi connectivity index (χ2v) is 5.75. The molecule has 0 bridgehead atoms. The molecule has 1 aliphatic heterocycles. The highest BCUT2D eigenvalue weighted by Crippen LogP contribution is 2.37. The summed E-state index contributed by atoms with van der Waals surface area (Å²) in [5.41, 5.74) is 0.933. The molecule has 2 rings (SSSR count). The highest BCUT2D eigenvalue weighted by molar-refractivity contribution is 9.10. The number of nitrogens with one attached hydrogen (secondary N) is 1. The summed E-state index contributed by atoms with van der Waals surface area (Å²) in [6, 6.07) is 4.12. The van der Waals surface area contributed by atoms with E-state index in [9.17, 15) is 13.2 Å². The summed E-state index contributed by atoms with van der Waals surface area (Å²) in [5.74, 6) is 0. The lowest BCUT2D eigenvalue weighted by molar-refractivity contribution is -0.138. The molecule has 1 N–H and O–H groups in total. The predicted octanol–water partition coefficient (Wildman–Crippen LogP) is 4.81. The maximum absolute atomic E-state index is 13.0. The minimum absolute atomic E-state index is 0.0582. The first-order chi connectivity index (χ1) is 9.93. The van der Waals surface area contributed by atoms with E-state index in [1.165, 1.54) is 12.1 Å². The van der Waals surface area contributed by atoms with Gasteiger partial charge in [-0.3, -0.25) is 0 Å². The molecule has 0 saturated heterocycles. The third-order valence-electron chi connectivity index (χ3n) is 3.37. The standard InChI is InChI=1S/C15H17BrF3NO/c1-2-20-14(11-4-3-7-21-9-11)10-5-6-13(16)12(8-10)15(17,18)19/h5-6,8-9,14,20H,2-4,7H2,1H3. The van der Waals surface area contributed by atoms with Gasteiger partial charge in [0.05, 0.1) is 24.5 Å². The smallest absolute Gasteiger partial charge is 0.417 e. The Bertz CT molecular complexity index is 528. The largest absolute Gasteiger partial charge is 0.501 e. The van der Waals surface area contributed by atoms with Crippen LogP contribution in [0.25, 0.3) is 0 Å². The van der Waals surface area contributed by atoms with Crippen molar-refractivity contribution in [3.05, 3.63) is 45.6 Å². The molecule has 1 heterocycles. The van der Waals surface area contributed by atoms with Crippen LogP contribution in [-0.2, 0) is 10.9 Å². The number of benzene rings is 1. The molecule has 0 aliphatic carbocycles. The summed E-state index contributed by atoms with van der Waals surface area (Å²) in [6.45, 7) is 3.26.